The summed E-state index contributed by atoms with van der Waals surface area (Å²) in [5.74, 6) is 1.07. The Bertz CT molecular complexity index is 1320. The number of Topliss-reactive ketones (excluding diaryl/α,β-unsaturated/α-hetero) is 1. The molecular formula is C27H28N4O3. The van der Waals surface area contributed by atoms with Gasteiger partial charge in [-0.3, -0.25) is 9.59 Å². The molecule has 34 heavy (non-hydrogen) atoms. The molecular weight excluding hydrogens is 428 g/mol. The predicted molar refractivity (Wildman–Crippen MR) is 131 cm³/mol. The molecule has 0 radical (unpaired) electrons. The quantitative estimate of drug-likeness (QED) is 0.570. The molecule has 0 fully saturated rings. The number of fused-ring (bicyclic) bond motifs is 1. The van der Waals surface area contributed by atoms with Crippen LogP contribution in [0.3, 0.4) is 0 Å². The molecule has 0 saturated carbocycles. The van der Waals surface area contributed by atoms with Gasteiger partial charge in [0.1, 0.15) is 23.2 Å². The molecule has 174 valence electrons. The lowest BCUT2D eigenvalue weighted by Crippen LogP contribution is -2.37. The summed E-state index contributed by atoms with van der Waals surface area (Å²) in [6.45, 7) is 6.18. The van der Waals surface area contributed by atoms with E-state index in [-0.39, 0.29) is 17.1 Å². The van der Waals surface area contributed by atoms with Crippen LogP contribution in [0.15, 0.2) is 66.0 Å². The molecule has 1 aromatic heterocycles. The predicted octanol–water partition coefficient (Wildman–Crippen LogP) is 5.11. The standard InChI is InChI=1S/C27H28N4O3/c1-16-9-11-17(12-10-16)29-26(33)19-15-28-31-24(18-7-5-6-8-22(18)34-4)23-20(30-25(19)31)13-27(2,3)14-21(23)32/h5-12,15,24,30H,13-14H2,1-4H3,(H,29,33)/t24-/m1/s1. The van der Waals surface area contributed by atoms with Crippen molar-refractivity contribution in [1.29, 1.82) is 0 Å². The molecule has 2 aromatic carbocycles. The Morgan fingerprint density at radius 2 is 1.88 bits per heavy atom. The van der Waals surface area contributed by atoms with E-state index < -0.39 is 6.04 Å². The van der Waals surface area contributed by atoms with E-state index in [1.807, 2.05) is 55.5 Å². The second-order valence-electron chi connectivity index (χ2n) is 9.77. The smallest absolute Gasteiger partial charge is 0.261 e. The minimum Gasteiger partial charge on any atom is -0.496 e. The van der Waals surface area contributed by atoms with Crippen LogP contribution in [0, 0.1) is 12.3 Å². The van der Waals surface area contributed by atoms with Gasteiger partial charge in [0.15, 0.2) is 5.78 Å². The zero-order chi connectivity index (χ0) is 24.0. The summed E-state index contributed by atoms with van der Waals surface area (Å²) in [6.07, 6.45) is 2.71. The Balaban J connectivity index is 1.61. The monoisotopic (exact) mass is 456 g/mol. The van der Waals surface area contributed by atoms with E-state index >= 15 is 0 Å². The Labute approximate surface area is 198 Å². The van der Waals surface area contributed by atoms with Gasteiger partial charge in [0, 0.05) is 28.9 Å². The average molecular weight is 457 g/mol. The zero-order valence-corrected chi connectivity index (χ0v) is 19.8. The van der Waals surface area contributed by atoms with Crippen molar-refractivity contribution in [2.45, 2.75) is 39.7 Å². The van der Waals surface area contributed by atoms with Crippen molar-refractivity contribution in [2.24, 2.45) is 5.41 Å². The van der Waals surface area contributed by atoms with Crippen LogP contribution in [0.4, 0.5) is 11.5 Å². The van der Waals surface area contributed by atoms with Crippen LogP contribution in [0.5, 0.6) is 5.75 Å². The van der Waals surface area contributed by atoms with Gasteiger partial charge in [-0.05, 0) is 37.0 Å². The molecule has 1 aliphatic carbocycles. The fraction of sp³-hybridized carbons (Fsp3) is 0.296. The van der Waals surface area contributed by atoms with E-state index in [0.717, 1.165) is 16.8 Å². The molecule has 0 unspecified atom stereocenters. The number of benzene rings is 2. The maximum Gasteiger partial charge on any atom is 0.261 e. The molecule has 1 atom stereocenters. The number of aromatic nitrogens is 2. The minimum atomic E-state index is -0.480. The summed E-state index contributed by atoms with van der Waals surface area (Å²) in [7, 11) is 1.62. The van der Waals surface area contributed by atoms with Gasteiger partial charge in [-0.2, -0.15) is 5.10 Å². The highest BCUT2D eigenvalue weighted by atomic mass is 16.5. The molecule has 7 heteroatoms. The van der Waals surface area contributed by atoms with Gasteiger partial charge < -0.3 is 15.4 Å². The molecule has 2 N–H and O–H groups in total. The first kappa shape index (κ1) is 21.9. The van der Waals surface area contributed by atoms with Gasteiger partial charge >= 0.3 is 0 Å². The highest BCUT2D eigenvalue weighted by molar-refractivity contribution is 6.08. The van der Waals surface area contributed by atoms with Gasteiger partial charge in [-0.15, -0.1) is 0 Å². The van der Waals surface area contributed by atoms with Crippen LogP contribution in [0.25, 0.3) is 0 Å². The molecule has 5 rings (SSSR count). The molecule has 0 spiro atoms. The molecule has 7 nitrogen and oxygen atoms in total. The number of ketones is 1. The third-order valence-corrected chi connectivity index (χ3v) is 6.49. The summed E-state index contributed by atoms with van der Waals surface area (Å²) < 4.78 is 7.37. The number of amides is 1. The normalized spacial score (nSPS) is 18.6. The maximum atomic E-state index is 13.4. The Kier molecular flexibility index (Phi) is 5.27. The molecule has 3 aromatic rings. The number of allylic oxidation sites excluding steroid dienone is 2. The number of nitrogens with one attached hydrogen (secondary N) is 2. The van der Waals surface area contributed by atoms with Crippen LogP contribution >= 0.6 is 0 Å². The van der Waals surface area contributed by atoms with Gasteiger partial charge in [-0.25, -0.2) is 4.68 Å². The summed E-state index contributed by atoms with van der Waals surface area (Å²) in [5.41, 5.74) is 4.43. The summed E-state index contributed by atoms with van der Waals surface area (Å²) in [6, 6.07) is 14.8. The fourth-order valence-corrected chi connectivity index (χ4v) is 4.89. The number of rotatable bonds is 4. The van der Waals surface area contributed by atoms with E-state index in [9.17, 15) is 9.59 Å². The number of carbonyl (C=O) groups excluding carboxylic acids is 2. The van der Waals surface area contributed by atoms with Gasteiger partial charge in [0.25, 0.3) is 5.91 Å². The first-order valence-electron chi connectivity index (χ1n) is 11.4. The largest absolute Gasteiger partial charge is 0.496 e. The van der Waals surface area contributed by atoms with Crippen LogP contribution in [0.2, 0.25) is 0 Å². The lowest BCUT2D eigenvalue weighted by atomic mass is 9.73. The number of hydrogen-bond acceptors (Lipinski definition) is 5. The van der Waals surface area contributed by atoms with E-state index in [1.165, 1.54) is 0 Å². The third kappa shape index (κ3) is 3.77. The Morgan fingerprint density at radius 1 is 1.15 bits per heavy atom. The SMILES string of the molecule is COc1ccccc1[C@@H]1C2=C(CC(C)(C)CC2=O)Nc2c(C(=O)Nc3ccc(C)cc3)cnn21. The number of para-hydroxylation sites is 1. The van der Waals surface area contributed by atoms with E-state index in [4.69, 9.17) is 4.74 Å². The van der Waals surface area contributed by atoms with Crippen molar-refractivity contribution in [3.8, 4) is 5.75 Å². The van der Waals surface area contributed by atoms with E-state index in [2.05, 4.69) is 29.6 Å². The van der Waals surface area contributed by atoms with E-state index in [1.54, 1.807) is 18.0 Å². The number of hydrogen-bond donors (Lipinski definition) is 2. The first-order chi connectivity index (χ1) is 16.3. The van der Waals surface area contributed by atoms with Crippen LogP contribution in [-0.4, -0.2) is 28.6 Å². The third-order valence-electron chi connectivity index (χ3n) is 6.49. The number of aryl methyl sites for hydroxylation is 1. The lowest BCUT2D eigenvalue weighted by Gasteiger charge is -2.39. The molecule has 1 aliphatic heterocycles. The highest BCUT2D eigenvalue weighted by Gasteiger charge is 2.43. The molecule has 0 bridgehead atoms. The first-order valence-corrected chi connectivity index (χ1v) is 11.4. The number of carbonyl (C=O) groups is 2. The molecule has 1 amide bonds. The van der Waals surface area contributed by atoms with Gasteiger partial charge in [0.05, 0.1) is 13.3 Å². The van der Waals surface area contributed by atoms with Gasteiger partial charge in [0.2, 0.25) is 0 Å². The van der Waals surface area contributed by atoms with Crippen LogP contribution in [-0.2, 0) is 4.79 Å². The number of anilines is 2. The lowest BCUT2D eigenvalue weighted by molar-refractivity contribution is -0.118. The maximum absolute atomic E-state index is 13.4. The van der Waals surface area contributed by atoms with Crippen molar-refractivity contribution in [2.75, 3.05) is 17.7 Å². The summed E-state index contributed by atoms with van der Waals surface area (Å²) >= 11 is 0. The fourth-order valence-electron chi connectivity index (χ4n) is 4.89. The average Bonchev–Trinajstić information content (AvgIpc) is 3.22. The summed E-state index contributed by atoms with van der Waals surface area (Å²) in [5, 5.41) is 10.9. The van der Waals surface area contributed by atoms with Crippen molar-refractivity contribution < 1.29 is 14.3 Å². The Hall–Kier alpha value is -3.87. The minimum absolute atomic E-state index is 0.0847. The van der Waals surface area contributed by atoms with Crippen molar-refractivity contribution in [3.63, 3.8) is 0 Å². The summed E-state index contributed by atoms with van der Waals surface area (Å²) in [4.78, 5) is 26.6. The zero-order valence-electron chi connectivity index (χ0n) is 19.8. The second kappa shape index (κ2) is 8.17. The molecule has 2 aliphatic rings. The Morgan fingerprint density at radius 3 is 2.62 bits per heavy atom. The number of ether oxygens (including phenoxy) is 1. The van der Waals surface area contributed by atoms with Crippen molar-refractivity contribution >= 4 is 23.2 Å². The number of methoxy groups -OCH3 is 1. The van der Waals surface area contributed by atoms with Crippen LogP contribution in [0.1, 0.15) is 54.2 Å². The van der Waals surface area contributed by atoms with Crippen molar-refractivity contribution in [3.05, 3.63) is 82.7 Å². The van der Waals surface area contributed by atoms with Crippen molar-refractivity contribution in [1.82, 2.24) is 9.78 Å². The second-order valence-corrected chi connectivity index (χ2v) is 9.77. The topological polar surface area (TPSA) is 85.2 Å². The highest BCUT2D eigenvalue weighted by Crippen LogP contribution is 2.47. The number of nitrogens with zero attached hydrogens (tertiary/aromatic N) is 2. The van der Waals surface area contributed by atoms with E-state index in [0.29, 0.717) is 41.2 Å². The molecule has 2 heterocycles. The molecule has 0 saturated heterocycles. The van der Waals surface area contributed by atoms with Crippen LogP contribution < -0.4 is 15.4 Å². The van der Waals surface area contributed by atoms with Gasteiger partial charge in [-0.1, -0.05) is 49.7 Å².